The standard InChI is InChI=1S/C12H19NO2S/c1-15-8-7-13-9-11(14)10-16-12-5-3-2-4-6-12/h2-6,11,13-14H,7-10H2,1H3. The van der Waals surface area contributed by atoms with Gasteiger partial charge in [0, 0.05) is 30.8 Å². The van der Waals surface area contributed by atoms with Crippen LogP contribution in [0.15, 0.2) is 35.2 Å². The molecule has 0 heterocycles. The van der Waals surface area contributed by atoms with Crippen molar-refractivity contribution in [2.45, 2.75) is 11.0 Å². The molecule has 1 aromatic rings. The first-order valence-corrected chi connectivity index (χ1v) is 6.37. The van der Waals surface area contributed by atoms with Gasteiger partial charge in [0.05, 0.1) is 12.7 Å². The van der Waals surface area contributed by atoms with Gasteiger partial charge in [-0.1, -0.05) is 18.2 Å². The molecule has 16 heavy (non-hydrogen) atoms. The lowest BCUT2D eigenvalue weighted by Crippen LogP contribution is -2.30. The lowest BCUT2D eigenvalue weighted by molar-refractivity contribution is 0.175. The number of hydrogen-bond acceptors (Lipinski definition) is 4. The summed E-state index contributed by atoms with van der Waals surface area (Å²) >= 11 is 1.67. The van der Waals surface area contributed by atoms with Crippen molar-refractivity contribution in [2.24, 2.45) is 0 Å². The molecule has 0 aromatic heterocycles. The van der Waals surface area contributed by atoms with E-state index in [9.17, 15) is 5.11 Å². The Labute approximate surface area is 101 Å². The molecule has 0 aliphatic carbocycles. The summed E-state index contributed by atoms with van der Waals surface area (Å²) in [6.45, 7) is 2.07. The molecule has 0 spiro atoms. The number of aliphatic hydroxyl groups excluding tert-OH is 1. The van der Waals surface area contributed by atoms with Crippen LogP contribution in [0, 0.1) is 0 Å². The van der Waals surface area contributed by atoms with Crippen molar-refractivity contribution in [3.63, 3.8) is 0 Å². The molecule has 90 valence electrons. The Hall–Kier alpha value is -0.550. The van der Waals surface area contributed by atoms with Gasteiger partial charge in [0.1, 0.15) is 0 Å². The molecule has 0 aliphatic heterocycles. The van der Waals surface area contributed by atoms with Crippen molar-refractivity contribution in [1.82, 2.24) is 5.32 Å². The lowest BCUT2D eigenvalue weighted by Gasteiger charge is -2.11. The maximum absolute atomic E-state index is 9.69. The van der Waals surface area contributed by atoms with E-state index in [-0.39, 0.29) is 6.10 Å². The zero-order valence-corrected chi connectivity index (χ0v) is 10.4. The molecule has 3 nitrogen and oxygen atoms in total. The minimum Gasteiger partial charge on any atom is -0.391 e. The maximum atomic E-state index is 9.69. The second-order valence-corrected chi connectivity index (χ2v) is 4.57. The normalized spacial score (nSPS) is 12.6. The van der Waals surface area contributed by atoms with Crippen LogP contribution in [0.3, 0.4) is 0 Å². The highest BCUT2D eigenvalue weighted by Gasteiger charge is 2.03. The number of methoxy groups -OCH3 is 1. The molecule has 1 atom stereocenters. The second kappa shape index (κ2) is 8.58. The van der Waals surface area contributed by atoms with E-state index in [1.54, 1.807) is 18.9 Å². The third kappa shape index (κ3) is 6.12. The van der Waals surface area contributed by atoms with Gasteiger partial charge in [0.25, 0.3) is 0 Å². The minimum absolute atomic E-state index is 0.318. The number of benzene rings is 1. The summed E-state index contributed by atoms with van der Waals surface area (Å²) in [7, 11) is 1.67. The fourth-order valence-electron chi connectivity index (χ4n) is 1.21. The van der Waals surface area contributed by atoms with Gasteiger partial charge in [-0.2, -0.15) is 0 Å². The van der Waals surface area contributed by atoms with Crippen molar-refractivity contribution < 1.29 is 9.84 Å². The van der Waals surface area contributed by atoms with Gasteiger partial charge in [0.15, 0.2) is 0 Å². The molecule has 1 rings (SSSR count). The monoisotopic (exact) mass is 241 g/mol. The Kier molecular flexibility index (Phi) is 7.25. The Morgan fingerprint density at radius 2 is 2.12 bits per heavy atom. The largest absolute Gasteiger partial charge is 0.391 e. The van der Waals surface area contributed by atoms with Crippen LogP contribution in [0.5, 0.6) is 0 Å². The SMILES string of the molecule is COCCNCC(O)CSc1ccccc1. The number of ether oxygens (including phenoxy) is 1. The van der Waals surface area contributed by atoms with E-state index in [0.29, 0.717) is 18.9 Å². The summed E-state index contributed by atoms with van der Waals surface area (Å²) in [6.07, 6.45) is -0.318. The highest BCUT2D eigenvalue weighted by molar-refractivity contribution is 7.99. The van der Waals surface area contributed by atoms with Crippen molar-refractivity contribution in [2.75, 3.05) is 32.6 Å². The van der Waals surface area contributed by atoms with Gasteiger partial charge in [-0.05, 0) is 12.1 Å². The van der Waals surface area contributed by atoms with E-state index in [2.05, 4.69) is 17.4 Å². The molecule has 0 radical (unpaired) electrons. The molecule has 0 saturated heterocycles. The first-order valence-electron chi connectivity index (χ1n) is 5.38. The molecule has 1 unspecified atom stereocenters. The zero-order valence-electron chi connectivity index (χ0n) is 9.56. The molecule has 0 fully saturated rings. The summed E-state index contributed by atoms with van der Waals surface area (Å²) in [4.78, 5) is 1.19. The van der Waals surface area contributed by atoms with E-state index >= 15 is 0 Å². The number of rotatable bonds is 8. The molecular weight excluding hydrogens is 222 g/mol. The van der Waals surface area contributed by atoms with Crippen LogP contribution in [-0.2, 0) is 4.74 Å². The maximum Gasteiger partial charge on any atom is 0.0758 e. The van der Waals surface area contributed by atoms with Crippen molar-refractivity contribution in [3.8, 4) is 0 Å². The van der Waals surface area contributed by atoms with Crippen LogP contribution in [-0.4, -0.2) is 43.8 Å². The Morgan fingerprint density at radius 3 is 2.81 bits per heavy atom. The molecule has 0 saturated carbocycles. The average molecular weight is 241 g/mol. The van der Waals surface area contributed by atoms with Crippen LogP contribution in [0.2, 0.25) is 0 Å². The van der Waals surface area contributed by atoms with Gasteiger partial charge in [-0.15, -0.1) is 11.8 Å². The predicted molar refractivity (Wildman–Crippen MR) is 67.9 cm³/mol. The van der Waals surface area contributed by atoms with Crippen LogP contribution < -0.4 is 5.32 Å². The highest BCUT2D eigenvalue weighted by atomic mass is 32.2. The first kappa shape index (κ1) is 13.5. The molecular formula is C12H19NO2S. The summed E-state index contributed by atoms with van der Waals surface area (Å²) in [5.74, 6) is 0.712. The molecule has 0 aliphatic rings. The minimum atomic E-state index is -0.318. The number of hydrogen-bond donors (Lipinski definition) is 2. The van der Waals surface area contributed by atoms with Crippen LogP contribution in [0.4, 0.5) is 0 Å². The average Bonchev–Trinajstić information content (AvgIpc) is 2.33. The Morgan fingerprint density at radius 1 is 1.38 bits per heavy atom. The van der Waals surface area contributed by atoms with E-state index in [0.717, 1.165) is 6.54 Å². The summed E-state index contributed by atoms with van der Waals surface area (Å²) in [5, 5.41) is 12.8. The smallest absolute Gasteiger partial charge is 0.0758 e. The number of nitrogens with one attached hydrogen (secondary N) is 1. The van der Waals surface area contributed by atoms with Crippen molar-refractivity contribution >= 4 is 11.8 Å². The van der Waals surface area contributed by atoms with Gasteiger partial charge in [-0.25, -0.2) is 0 Å². The predicted octanol–water partition coefficient (Wildman–Crippen LogP) is 1.38. The number of thioether (sulfide) groups is 1. The van der Waals surface area contributed by atoms with Crippen LogP contribution in [0.25, 0.3) is 0 Å². The molecule has 1 aromatic carbocycles. The topological polar surface area (TPSA) is 41.5 Å². The van der Waals surface area contributed by atoms with Crippen LogP contribution in [0.1, 0.15) is 0 Å². The highest BCUT2D eigenvalue weighted by Crippen LogP contribution is 2.17. The molecule has 2 N–H and O–H groups in total. The Bertz CT molecular complexity index is 269. The van der Waals surface area contributed by atoms with Crippen molar-refractivity contribution in [3.05, 3.63) is 30.3 Å². The van der Waals surface area contributed by atoms with E-state index in [4.69, 9.17) is 4.74 Å². The van der Waals surface area contributed by atoms with Gasteiger partial charge < -0.3 is 15.2 Å². The Balaban J connectivity index is 2.08. The summed E-state index contributed by atoms with van der Waals surface area (Å²) < 4.78 is 4.90. The molecule has 0 bridgehead atoms. The van der Waals surface area contributed by atoms with Crippen molar-refractivity contribution in [1.29, 1.82) is 0 Å². The van der Waals surface area contributed by atoms with E-state index < -0.39 is 0 Å². The molecule has 0 amide bonds. The van der Waals surface area contributed by atoms with Gasteiger partial charge in [-0.3, -0.25) is 0 Å². The van der Waals surface area contributed by atoms with Crippen LogP contribution >= 0.6 is 11.8 Å². The summed E-state index contributed by atoms with van der Waals surface area (Å²) in [6, 6.07) is 10.1. The third-order valence-corrected chi connectivity index (χ3v) is 3.21. The van der Waals surface area contributed by atoms with Gasteiger partial charge >= 0.3 is 0 Å². The quantitative estimate of drug-likeness (QED) is 0.533. The fourth-order valence-corrected chi connectivity index (χ4v) is 2.06. The first-order chi connectivity index (χ1) is 7.83. The summed E-state index contributed by atoms with van der Waals surface area (Å²) in [5.41, 5.74) is 0. The van der Waals surface area contributed by atoms with Gasteiger partial charge in [0.2, 0.25) is 0 Å². The third-order valence-electron chi connectivity index (χ3n) is 2.05. The van der Waals surface area contributed by atoms with E-state index in [1.807, 2.05) is 18.2 Å². The number of aliphatic hydroxyl groups is 1. The van der Waals surface area contributed by atoms with E-state index in [1.165, 1.54) is 4.90 Å². The lowest BCUT2D eigenvalue weighted by atomic mass is 10.4. The fraction of sp³-hybridized carbons (Fsp3) is 0.500. The zero-order chi connectivity index (χ0) is 11.6. The molecule has 4 heteroatoms. The second-order valence-electron chi connectivity index (χ2n) is 3.47.